The highest BCUT2D eigenvalue weighted by atomic mass is 15.2. The first-order valence-corrected chi connectivity index (χ1v) is 9.67. The predicted molar refractivity (Wildman–Crippen MR) is 111 cm³/mol. The summed E-state index contributed by atoms with van der Waals surface area (Å²) in [6, 6.07) is 18.2. The van der Waals surface area contributed by atoms with Gasteiger partial charge in [0.2, 0.25) is 5.69 Å². The van der Waals surface area contributed by atoms with Gasteiger partial charge in [0.15, 0.2) is 12.3 Å². The minimum atomic E-state index is 0.0183. The number of anilines is 1. The van der Waals surface area contributed by atoms with Crippen LogP contribution in [0.3, 0.4) is 0 Å². The van der Waals surface area contributed by atoms with Gasteiger partial charge < -0.3 is 4.90 Å². The number of para-hydroxylation sites is 2. The van der Waals surface area contributed by atoms with Crippen LogP contribution in [0.5, 0.6) is 0 Å². The number of allylic oxidation sites excluding steroid dienone is 2. The van der Waals surface area contributed by atoms with E-state index in [1.807, 2.05) is 0 Å². The average Bonchev–Trinajstić information content (AvgIpc) is 2.84. The highest BCUT2D eigenvalue weighted by Crippen LogP contribution is 2.47. The van der Waals surface area contributed by atoms with Crippen molar-refractivity contribution in [1.29, 1.82) is 0 Å². The van der Waals surface area contributed by atoms with Crippen molar-refractivity contribution in [3.8, 4) is 0 Å². The Balaban J connectivity index is 1.86. The van der Waals surface area contributed by atoms with Gasteiger partial charge in [0.05, 0.1) is 0 Å². The molecular formula is C24H29N2+. The van der Waals surface area contributed by atoms with Crippen LogP contribution in [0.15, 0.2) is 59.8 Å². The van der Waals surface area contributed by atoms with Crippen LogP contribution in [0.4, 0.5) is 11.4 Å². The van der Waals surface area contributed by atoms with Crippen molar-refractivity contribution in [2.45, 2.75) is 52.0 Å². The number of likely N-dealkylation sites (N-methyl/N-ethyl adjacent to an activating group) is 1. The second-order valence-electron chi connectivity index (χ2n) is 8.29. The van der Waals surface area contributed by atoms with E-state index in [4.69, 9.17) is 0 Å². The Labute approximate surface area is 157 Å². The summed E-state index contributed by atoms with van der Waals surface area (Å²) in [4.78, 5) is 2.38. The summed E-state index contributed by atoms with van der Waals surface area (Å²) in [5, 5.41) is 0. The normalized spacial score (nSPS) is 24.4. The van der Waals surface area contributed by atoms with Gasteiger partial charge in [-0.3, -0.25) is 0 Å². The molecule has 0 N–H and O–H groups in total. The van der Waals surface area contributed by atoms with Gasteiger partial charge in [-0.1, -0.05) is 50.2 Å². The monoisotopic (exact) mass is 345 g/mol. The molecule has 2 aliphatic rings. The number of hydrogen-bond acceptors (Lipinski definition) is 1. The van der Waals surface area contributed by atoms with Gasteiger partial charge in [0.25, 0.3) is 0 Å². The van der Waals surface area contributed by atoms with Crippen molar-refractivity contribution in [3.05, 3.63) is 70.9 Å². The van der Waals surface area contributed by atoms with Crippen LogP contribution < -0.4 is 4.90 Å². The third kappa shape index (κ3) is 2.51. The van der Waals surface area contributed by atoms with E-state index in [0.29, 0.717) is 6.04 Å². The van der Waals surface area contributed by atoms with Crippen LogP contribution in [0.1, 0.15) is 45.2 Å². The van der Waals surface area contributed by atoms with E-state index in [9.17, 15) is 0 Å². The second-order valence-corrected chi connectivity index (χ2v) is 8.29. The van der Waals surface area contributed by atoms with Crippen molar-refractivity contribution >= 4 is 17.6 Å². The van der Waals surface area contributed by atoms with Gasteiger partial charge in [-0.25, -0.2) is 0 Å². The van der Waals surface area contributed by atoms with E-state index in [-0.39, 0.29) is 5.41 Å². The molecule has 2 nitrogen and oxygen atoms in total. The number of rotatable bonds is 1. The molecule has 0 spiro atoms. The Morgan fingerprint density at radius 1 is 1.12 bits per heavy atom. The molecular weight excluding hydrogens is 316 g/mol. The molecule has 134 valence electrons. The van der Waals surface area contributed by atoms with Gasteiger partial charge in [-0.15, -0.1) is 0 Å². The van der Waals surface area contributed by atoms with Crippen LogP contribution in [-0.2, 0) is 11.8 Å². The molecule has 4 rings (SSSR count). The summed E-state index contributed by atoms with van der Waals surface area (Å²) >= 11 is 0. The summed E-state index contributed by atoms with van der Waals surface area (Å²) in [6.45, 7) is 9.29. The Morgan fingerprint density at radius 3 is 2.58 bits per heavy atom. The zero-order chi connectivity index (χ0) is 18.5. The molecule has 2 heterocycles. The summed E-state index contributed by atoms with van der Waals surface area (Å²) in [5.74, 6) is 0. The quantitative estimate of drug-likeness (QED) is 0.624. The number of hydrogen-bond donors (Lipinski definition) is 0. The van der Waals surface area contributed by atoms with Crippen molar-refractivity contribution in [3.63, 3.8) is 0 Å². The van der Waals surface area contributed by atoms with E-state index >= 15 is 0 Å². The number of aryl methyl sites for hydroxylation is 1. The molecule has 0 fully saturated rings. The standard InChI is InChI=1S/C24H29N2/c1-17(16-26-18(2)14-15-19-10-6-8-12-21(19)26)23-24(3,4)20-11-7-9-13-22(20)25(23)5/h6-13,16,18H,14-15H2,1-5H3/q+1. The maximum absolute atomic E-state index is 2.48. The van der Waals surface area contributed by atoms with E-state index in [1.165, 1.54) is 46.6 Å². The molecule has 2 aromatic rings. The molecule has 0 saturated carbocycles. The largest absolute Gasteiger partial charge is 0.347 e. The fourth-order valence-corrected chi connectivity index (χ4v) is 4.90. The fraction of sp³-hybridized carbons (Fsp3) is 0.375. The molecule has 2 aliphatic heterocycles. The van der Waals surface area contributed by atoms with Crippen molar-refractivity contribution in [2.75, 3.05) is 11.9 Å². The van der Waals surface area contributed by atoms with Crippen molar-refractivity contribution in [2.24, 2.45) is 0 Å². The first-order chi connectivity index (χ1) is 12.4. The summed E-state index contributed by atoms with van der Waals surface area (Å²) in [6.07, 6.45) is 4.76. The van der Waals surface area contributed by atoms with Crippen LogP contribution in [0, 0.1) is 0 Å². The highest BCUT2D eigenvalue weighted by molar-refractivity contribution is 5.82. The number of benzene rings is 2. The van der Waals surface area contributed by atoms with Gasteiger partial charge in [0.1, 0.15) is 0 Å². The van der Waals surface area contributed by atoms with E-state index in [0.717, 1.165) is 0 Å². The van der Waals surface area contributed by atoms with E-state index < -0.39 is 0 Å². The molecule has 1 atom stereocenters. The molecule has 2 heteroatoms. The van der Waals surface area contributed by atoms with Crippen molar-refractivity contribution in [1.82, 2.24) is 0 Å². The third-order valence-electron chi connectivity index (χ3n) is 6.15. The van der Waals surface area contributed by atoms with Crippen LogP contribution in [0.25, 0.3) is 0 Å². The van der Waals surface area contributed by atoms with Gasteiger partial charge >= 0.3 is 0 Å². The average molecular weight is 346 g/mol. The second kappa shape index (κ2) is 6.12. The Morgan fingerprint density at radius 2 is 1.81 bits per heavy atom. The topological polar surface area (TPSA) is 6.25 Å². The van der Waals surface area contributed by atoms with Gasteiger partial charge in [-0.05, 0) is 31.9 Å². The molecule has 0 bridgehead atoms. The van der Waals surface area contributed by atoms with E-state index in [1.54, 1.807) is 0 Å². The lowest BCUT2D eigenvalue weighted by atomic mass is 9.82. The molecule has 0 radical (unpaired) electrons. The number of fused-ring (bicyclic) bond motifs is 2. The Hall–Kier alpha value is -2.35. The molecule has 0 aromatic heterocycles. The Kier molecular flexibility index (Phi) is 4.02. The van der Waals surface area contributed by atoms with Crippen molar-refractivity contribution < 1.29 is 4.58 Å². The summed E-state index contributed by atoms with van der Waals surface area (Å²) in [5.41, 5.74) is 8.32. The third-order valence-corrected chi connectivity index (χ3v) is 6.15. The maximum Gasteiger partial charge on any atom is 0.208 e. The zero-order valence-electron chi connectivity index (χ0n) is 16.6. The zero-order valence-corrected chi connectivity index (χ0v) is 16.6. The summed E-state index contributed by atoms with van der Waals surface area (Å²) < 4.78 is 2.48. The van der Waals surface area contributed by atoms with E-state index in [2.05, 4.69) is 99.0 Å². The molecule has 0 amide bonds. The predicted octanol–water partition coefficient (Wildman–Crippen LogP) is 5.44. The minimum Gasteiger partial charge on any atom is -0.347 e. The lowest BCUT2D eigenvalue weighted by molar-refractivity contribution is -0.481. The van der Waals surface area contributed by atoms with Gasteiger partial charge in [-0.2, -0.15) is 4.58 Å². The Bertz CT molecular complexity index is 917. The molecule has 26 heavy (non-hydrogen) atoms. The van der Waals surface area contributed by atoms with Crippen LogP contribution >= 0.6 is 0 Å². The lowest BCUT2D eigenvalue weighted by Gasteiger charge is -2.26. The minimum absolute atomic E-state index is 0.0183. The van der Waals surface area contributed by atoms with Crippen LogP contribution in [0.2, 0.25) is 0 Å². The molecule has 0 saturated heterocycles. The SMILES string of the molecule is CC(C=[N+]1c2ccccc2CCC1C)=C1N(C)c2ccccc2C1(C)C. The smallest absolute Gasteiger partial charge is 0.208 e. The number of nitrogens with zero attached hydrogens (tertiary/aromatic N) is 2. The summed E-state index contributed by atoms with van der Waals surface area (Å²) in [7, 11) is 2.20. The van der Waals surface area contributed by atoms with Crippen LogP contribution in [-0.4, -0.2) is 23.9 Å². The molecule has 0 aliphatic carbocycles. The fourth-order valence-electron chi connectivity index (χ4n) is 4.90. The first-order valence-electron chi connectivity index (χ1n) is 9.67. The highest BCUT2D eigenvalue weighted by Gasteiger charge is 2.40. The molecule has 1 unspecified atom stereocenters. The molecule has 2 aromatic carbocycles. The first kappa shape index (κ1) is 17.1. The van der Waals surface area contributed by atoms with Gasteiger partial charge in [0, 0.05) is 47.5 Å². The maximum atomic E-state index is 2.48. The lowest BCUT2D eigenvalue weighted by Crippen LogP contribution is -2.29.